The number of ether oxygens (including phenoxy) is 1. The van der Waals surface area contributed by atoms with Gasteiger partial charge in [0, 0.05) is 4.47 Å². The van der Waals surface area contributed by atoms with Crippen molar-refractivity contribution in [3.8, 4) is 5.75 Å². The summed E-state index contributed by atoms with van der Waals surface area (Å²) in [5.74, 6) is -4.06. The van der Waals surface area contributed by atoms with Crippen LogP contribution in [-0.4, -0.2) is 24.0 Å². The van der Waals surface area contributed by atoms with Crippen molar-refractivity contribution in [2.24, 2.45) is 0 Å². The molecule has 0 saturated carbocycles. The molecule has 1 aromatic carbocycles. The van der Waals surface area contributed by atoms with E-state index >= 15 is 0 Å². The van der Waals surface area contributed by atoms with Crippen LogP contribution >= 0.6 is 15.9 Å². The van der Waals surface area contributed by atoms with Gasteiger partial charge in [0.15, 0.2) is 11.6 Å². The van der Waals surface area contributed by atoms with Crippen LogP contribution in [0.3, 0.4) is 0 Å². The molecule has 80 valence electrons. The van der Waals surface area contributed by atoms with Gasteiger partial charge in [-0.15, -0.1) is 0 Å². The van der Waals surface area contributed by atoms with Crippen LogP contribution < -0.4 is 4.74 Å². The van der Waals surface area contributed by atoms with E-state index in [4.69, 9.17) is 5.11 Å². The number of ketones is 1. The molecule has 6 heteroatoms. The second kappa shape index (κ2) is 4.39. The van der Waals surface area contributed by atoms with Crippen molar-refractivity contribution < 1.29 is 23.8 Å². The first kappa shape index (κ1) is 11.6. The van der Waals surface area contributed by atoms with Crippen LogP contribution in [0, 0.1) is 5.82 Å². The lowest BCUT2D eigenvalue weighted by atomic mass is 10.1. The van der Waals surface area contributed by atoms with E-state index in [1.54, 1.807) is 0 Å². The minimum atomic E-state index is -1.67. The number of carboxylic acids is 1. The molecule has 0 spiro atoms. The molecule has 0 aliphatic carbocycles. The summed E-state index contributed by atoms with van der Waals surface area (Å²) in [7, 11) is 1.16. The Labute approximate surface area is 92.8 Å². The van der Waals surface area contributed by atoms with Gasteiger partial charge in [0.05, 0.1) is 12.7 Å². The standard InChI is InChI=1S/C9H6BrFO4/c1-15-8-5(11)3-2-4(10)6(8)7(12)9(13)14/h2-3H,1H3,(H,13,14). The number of benzene rings is 1. The summed E-state index contributed by atoms with van der Waals surface area (Å²) in [4.78, 5) is 21.7. The summed E-state index contributed by atoms with van der Waals surface area (Å²) in [5.41, 5.74) is -0.329. The largest absolute Gasteiger partial charge is 0.493 e. The molecule has 0 bridgehead atoms. The van der Waals surface area contributed by atoms with Crippen molar-refractivity contribution in [3.63, 3.8) is 0 Å². The molecule has 4 nitrogen and oxygen atoms in total. The molecule has 1 N–H and O–H groups in total. The highest BCUT2D eigenvalue weighted by Crippen LogP contribution is 2.30. The Morgan fingerprint density at radius 2 is 2.07 bits per heavy atom. The summed E-state index contributed by atoms with van der Waals surface area (Å²) in [6, 6.07) is 2.32. The summed E-state index contributed by atoms with van der Waals surface area (Å²) >= 11 is 2.96. The number of carbonyl (C=O) groups excluding carboxylic acids is 1. The molecule has 0 heterocycles. The average molecular weight is 277 g/mol. The number of hydrogen-bond donors (Lipinski definition) is 1. The van der Waals surface area contributed by atoms with E-state index in [9.17, 15) is 14.0 Å². The first-order chi connectivity index (χ1) is 6.99. The summed E-state index contributed by atoms with van der Waals surface area (Å²) in [6.07, 6.45) is 0. The quantitative estimate of drug-likeness (QED) is 0.676. The number of carboxylic acid groups (broad SMARTS) is 1. The SMILES string of the molecule is COc1c(F)ccc(Br)c1C(=O)C(=O)O. The third-order valence-corrected chi connectivity index (χ3v) is 2.35. The molecule has 0 atom stereocenters. The zero-order valence-electron chi connectivity index (χ0n) is 7.58. The lowest BCUT2D eigenvalue weighted by Gasteiger charge is -2.08. The van der Waals surface area contributed by atoms with Crippen LogP contribution in [0.5, 0.6) is 5.75 Å². The van der Waals surface area contributed by atoms with E-state index in [0.29, 0.717) is 0 Å². The summed E-state index contributed by atoms with van der Waals surface area (Å²) < 4.78 is 18.0. The number of aliphatic carboxylic acids is 1. The molecule has 0 radical (unpaired) electrons. The monoisotopic (exact) mass is 276 g/mol. The van der Waals surface area contributed by atoms with Gasteiger partial charge >= 0.3 is 5.97 Å². The van der Waals surface area contributed by atoms with Crippen LogP contribution in [-0.2, 0) is 4.79 Å². The molecule has 0 aromatic heterocycles. The van der Waals surface area contributed by atoms with Crippen molar-refractivity contribution in [1.29, 1.82) is 0 Å². The van der Waals surface area contributed by atoms with Crippen LogP contribution in [0.4, 0.5) is 4.39 Å². The van der Waals surface area contributed by atoms with Crippen LogP contribution in [0.2, 0.25) is 0 Å². The topological polar surface area (TPSA) is 63.6 Å². The molecule has 0 aliphatic rings. The third-order valence-electron chi connectivity index (χ3n) is 1.68. The number of carbonyl (C=O) groups is 2. The van der Waals surface area contributed by atoms with Gasteiger partial charge in [-0.3, -0.25) is 4.79 Å². The number of rotatable bonds is 3. The fourth-order valence-corrected chi connectivity index (χ4v) is 1.54. The van der Waals surface area contributed by atoms with E-state index in [-0.39, 0.29) is 15.8 Å². The van der Waals surface area contributed by atoms with E-state index < -0.39 is 17.6 Å². The fourth-order valence-electron chi connectivity index (χ4n) is 1.05. The van der Waals surface area contributed by atoms with E-state index in [1.165, 1.54) is 6.07 Å². The maximum atomic E-state index is 13.2. The molecule has 1 rings (SSSR count). The predicted octanol–water partition coefficient (Wildman–Crippen LogP) is 1.86. The molecule has 0 saturated heterocycles. The molecular weight excluding hydrogens is 271 g/mol. The van der Waals surface area contributed by atoms with Crippen LogP contribution in [0.25, 0.3) is 0 Å². The van der Waals surface area contributed by atoms with Crippen LogP contribution in [0.1, 0.15) is 10.4 Å². The molecular formula is C9H6BrFO4. The Morgan fingerprint density at radius 1 is 1.47 bits per heavy atom. The zero-order valence-corrected chi connectivity index (χ0v) is 9.17. The zero-order chi connectivity index (χ0) is 11.6. The first-order valence-corrected chi connectivity index (χ1v) is 4.58. The lowest BCUT2D eigenvalue weighted by Crippen LogP contribution is -2.15. The molecule has 15 heavy (non-hydrogen) atoms. The Bertz CT molecular complexity index is 430. The second-order valence-electron chi connectivity index (χ2n) is 2.57. The molecule has 0 amide bonds. The van der Waals surface area contributed by atoms with Crippen LogP contribution in [0.15, 0.2) is 16.6 Å². The van der Waals surface area contributed by atoms with Crippen molar-refractivity contribution in [3.05, 3.63) is 28.0 Å². The maximum absolute atomic E-state index is 13.2. The predicted molar refractivity (Wildman–Crippen MR) is 52.6 cm³/mol. The smallest absolute Gasteiger partial charge is 0.377 e. The Morgan fingerprint density at radius 3 is 2.53 bits per heavy atom. The van der Waals surface area contributed by atoms with Gasteiger partial charge in [0.1, 0.15) is 0 Å². The number of methoxy groups -OCH3 is 1. The van der Waals surface area contributed by atoms with Crippen molar-refractivity contribution in [2.75, 3.05) is 7.11 Å². The van der Waals surface area contributed by atoms with Gasteiger partial charge < -0.3 is 9.84 Å². The van der Waals surface area contributed by atoms with E-state index in [1.807, 2.05) is 0 Å². The average Bonchev–Trinajstić information content (AvgIpc) is 2.19. The maximum Gasteiger partial charge on any atom is 0.377 e. The molecule has 0 aliphatic heterocycles. The van der Waals surface area contributed by atoms with Crippen molar-refractivity contribution >= 4 is 27.7 Å². The normalized spacial score (nSPS) is 9.80. The van der Waals surface area contributed by atoms with Gasteiger partial charge in [-0.05, 0) is 28.1 Å². The highest BCUT2D eigenvalue weighted by Gasteiger charge is 2.24. The van der Waals surface area contributed by atoms with Gasteiger partial charge in [0.2, 0.25) is 0 Å². The number of halogens is 2. The van der Waals surface area contributed by atoms with Gasteiger partial charge in [0.25, 0.3) is 5.78 Å². The molecule has 0 unspecified atom stereocenters. The van der Waals surface area contributed by atoms with Gasteiger partial charge in [-0.2, -0.15) is 0 Å². The van der Waals surface area contributed by atoms with E-state index in [0.717, 1.165) is 13.2 Å². The van der Waals surface area contributed by atoms with Gasteiger partial charge in [-0.1, -0.05) is 0 Å². The summed E-state index contributed by atoms with van der Waals surface area (Å²) in [5, 5.41) is 8.52. The fraction of sp³-hybridized carbons (Fsp3) is 0.111. The van der Waals surface area contributed by atoms with Crippen molar-refractivity contribution in [2.45, 2.75) is 0 Å². The minimum absolute atomic E-state index is 0.174. The lowest BCUT2D eigenvalue weighted by molar-refractivity contribution is -0.131. The highest BCUT2D eigenvalue weighted by molar-refractivity contribution is 9.10. The van der Waals surface area contributed by atoms with E-state index in [2.05, 4.69) is 20.7 Å². The Kier molecular flexibility index (Phi) is 3.41. The first-order valence-electron chi connectivity index (χ1n) is 3.78. The second-order valence-corrected chi connectivity index (χ2v) is 3.43. The Hall–Kier alpha value is -1.43. The highest BCUT2D eigenvalue weighted by atomic mass is 79.9. The molecule has 1 aromatic rings. The number of Topliss-reactive ketones (excluding diaryl/α,β-unsaturated/α-hetero) is 1. The minimum Gasteiger partial charge on any atom is -0.493 e. The third kappa shape index (κ3) is 2.15. The Balaban J connectivity index is 3.44. The molecule has 0 fully saturated rings. The van der Waals surface area contributed by atoms with Crippen molar-refractivity contribution in [1.82, 2.24) is 0 Å². The number of hydrogen-bond acceptors (Lipinski definition) is 3. The van der Waals surface area contributed by atoms with Gasteiger partial charge in [-0.25, -0.2) is 9.18 Å². The summed E-state index contributed by atoms with van der Waals surface area (Å²) in [6.45, 7) is 0.